The Labute approximate surface area is 117 Å². The number of phenolic OH excluding ortho intramolecular Hbond substituents is 1. The van der Waals surface area contributed by atoms with Crippen LogP contribution in [0.2, 0.25) is 0 Å². The van der Waals surface area contributed by atoms with E-state index in [0.717, 1.165) is 18.2 Å². The van der Waals surface area contributed by atoms with Gasteiger partial charge in [-0.3, -0.25) is 9.69 Å². The summed E-state index contributed by atoms with van der Waals surface area (Å²) in [5, 5.41) is 18.5. The van der Waals surface area contributed by atoms with E-state index in [1.165, 1.54) is 4.90 Å². The average Bonchev–Trinajstić information content (AvgIpc) is 2.79. The Morgan fingerprint density at radius 3 is 2.57 bits per heavy atom. The first-order valence-electron chi connectivity index (χ1n) is 6.15. The lowest BCUT2D eigenvalue weighted by atomic mass is 9.86. The van der Waals surface area contributed by atoms with E-state index < -0.39 is 36.3 Å². The zero-order valence-electron chi connectivity index (χ0n) is 10.8. The fourth-order valence-corrected chi connectivity index (χ4v) is 2.47. The Hall–Kier alpha value is -1.83. The number of phenols is 1. The molecule has 21 heavy (non-hydrogen) atoms. The van der Waals surface area contributed by atoms with Crippen LogP contribution in [0, 0.1) is 11.2 Å². The van der Waals surface area contributed by atoms with E-state index >= 15 is 0 Å². The largest absolute Gasteiger partial charge is 0.508 e. The van der Waals surface area contributed by atoms with E-state index in [0.29, 0.717) is 0 Å². The van der Waals surface area contributed by atoms with Crippen molar-refractivity contribution in [1.29, 1.82) is 0 Å². The normalized spacial score (nSPS) is 23.4. The van der Waals surface area contributed by atoms with Gasteiger partial charge in [-0.25, -0.2) is 4.39 Å². The first-order valence-corrected chi connectivity index (χ1v) is 6.15. The first-order chi connectivity index (χ1) is 9.65. The summed E-state index contributed by atoms with van der Waals surface area (Å²) in [4.78, 5) is 12.3. The van der Waals surface area contributed by atoms with Crippen molar-refractivity contribution in [3.05, 3.63) is 29.6 Å². The molecule has 1 unspecified atom stereocenters. The molecule has 1 aromatic carbocycles. The number of aromatic hydroxyl groups is 1. The molecule has 0 amide bonds. The topological polar surface area (TPSA) is 60.8 Å². The Balaban J connectivity index is 2.19. The van der Waals surface area contributed by atoms with Crippen LogP contribution in [0.3, 0.4) is 0 Å². The second-order valence-electron chi connectivity index (χ2n) is 5.12. The Bertz CT molecular complexity index is 561. The number of aliphatic carboxylic acids is 1. The molecule has 0 bridgehead atoms. The summed E-state index contributed by atoms with van der Waals surface area (Å²) in [7, 11) is 0. The van der Waals surface area contributed by atoms with Crippen molar-refractivity contribution in [3.63, 3.8) is 0 Å². The Morgan fingerprint density at radius 2 is 2.05 bits per heavy atom. The summed E-state index contributed by atoms with van der Waals surface area (Å²) in [6.45, 7) is -0.960. The van der Waals surface area contributed by atoms with Gasteiger partial charge in [0.2, 0.25) is 0 Å². The predicted molar refractivity (Wildman–Crippen MR) is 64.1 cm³/mol. The first kappa shape index (κ1) is 15.6. The van der Waals surface area contributed by atoms with Gasteiger partial charge in [0.25, 0.3) is 0 Å². The highest BCUT2D eigenvalue weighted by Gasteiger charge is 2.63. The van der Waals surface area contributed by atoms with Crippen molar-refractivity contribution in [2.24, 2.45) is 5.41 Å². The van der Waals surface area contributed by atoms with E-state index in [-0.39, 0.29) is 24.4 Å². The van der Waals surface area contributed by atoms with Gasteiger partial charge in [-0.15, -0.1) is 0 Å². The van der Waals surface area contributed by atoms with Crippen molar-refractivity contribution in [1.82, 2.24) is 4.90 Å². The second kappa shape index (κ2) is 5.18. The average molecular weight is 307 g/mol. The Kier molecular flexibility index (Phi) is 3.83. The van der Waals surface area contributed by atoms with E-state index in [1.807, 2.05) is 0 Å². The molecule has 116 valence electrons. The summed E-state index contributed by atoms with van der Waals surface area (Å²) >= 11 is 0. The maximum absolute atomic E-state index is 13.1. The lowest BCUT2D eigenvalue weighted by molar-refractivity contribution is -0.227. The SMILES string of the molecule is O=C(O)C1(C(F)(F)F)CCN(Cc2cc(F)ccc2O)C1. The van der Waals surface area contributed by atoms with Gasteiger partial charge in [-0.2, -0.15) is 13.2 Å². The summed E-state index contributed by atoms with van der Waals surface area (Å²) < 4.78 is 52.1. The molecule has 2 N–H and O–H groups in total. The number of rotatable bonds is 3. The molecule has 1 aliphatic heterocycles. The number of carboxylic acids is 1. The molecule has 1 aromatic rings. The van der Waals surface area contributed by atoms with Crippen molar-refractivity contribution >= 4 is 5.97 Å². The highest BCUT2D eigenvalue weighted by molar-refractivity contribution is 5.76. The monoisotopic (exact) mass is 307 g/mol. The fourth-order valence-electron chi connectivity index (χ4n) is 2.47. The molecular formula is C13H13F4NO3. The predicted octanol–water partition coefficient (Wildman–Crippen LogP) is 2.37. The van der Waals surface area contributed by atoms with Crippen molar-refractivity contribution in [2.75, 3.05) is 13.1 Å². The van der Waals surface area contributed by atoms with E-state index in [1.54, 1.807) is 0 Å². The van der Waals surface area contributed by atoms with Crippen LogP contribution in [-0.2, 0) is 11.3 Å². The molecule has 0 spiro atoms. The molecule has 1 fully saturated rings. The van der Waals surface area contributed by atoms with E-state index in [9.17, 15) is 27.5 Å². The third-order valence-electron chi connectivity index (χ3n) is 3.74. The number of alkyl halides is 3. The highest BCUT2D eigenvalue weighted by Crippen LogP contribution is 2.46. The molecule has 1 heterocycles. The Morgan fingerprint density at radius 1 is 1.38 bits per heavy atom. The lowest BCUT2D eigenvalue weighted by Gasteiger charge is -2.27. The number of carboxylic acid groups (broad SMARTS) is 1. The minimum Gasteiger partial charge on any atom is -0.508 e. The molecule has 1 saturated heterocycles. The summed E-state index contributed by atoms with van der Waals surface area (Å²) in [5.41, 5.74) is -2.69. The van der Waals surface area contributed by atoms with E-state index in [4.69, 9.17) is 5.11 Å². The molecule has 4 nitrogen and oxygen atoms in total. The van der Waals surface area contributed by atoms with Crippen LogP contribution in [0.4, 0.5) is 17.6 Å². The molecule has 0 aliphatic carbocycles. The zero-order valence-corrected chi connectivity index (χ0v) is 10.8. The lowest BCUT2D eigenvalue weighted by Crippen LogP contribution is -2.47. The van der Waals surface area contributed by atoms with Gasteiger partial charge in [0, 0.05) is 25.2 Å². The molecule has 2 rings (SSSR count). The fraction of sp³-hybridized carbons (Fsp3) is 0.462. The number of benzene rings is 1. The molecule has 0 saturated carbocycles. The summed E-state index contributed by atoms with van der Waals surface area (Å²) in [6.07, 6.45) is -5.43. The minimum atomic E-state index is -4.86. The zero-order chi connectivity index (χ0) is 15.8. The number of likely N-dealkylation sites (tertiary alicyclic amines) is 1. The van der Waals surface area contributed by atoms with Gasteiger partial charge in [0.05, 0.1) is 0 Å². The molecule has 0 aromatic heterocycles. The van der Waals surface area contributed by atoms with E-state index in [2.05, 4.69) is 0 Å². The van der Waals surface area contributed by atoms with Gasteiger partial charge in [-0.05, 0) is 24.6 Å². The smallest absolute Gasteiger partial charge is 0.406 e. The molecule has 0 radical (unpaired) electrons. The van der Waals surface area contributed by atoms with Crippen LogP contribution in [-0.4, -0.2) is 40.3 Å². The molecule has 1 atom stereocenters. The quantitative estimate of drug-likeness (QED) is 0.842. The standard InChI is InChI=1S/C13H13F4NO3/c14-9-1-2-10(19)8(5-9)6-18-4-3-12(7-18,11(20)21)13(15,16)17/h1-2,5,19H,3-4,6-7H2,(H,20,21). The molecular weight excluding hydrogens is 294 g/mol. The molecule has 8 heteroatoms. The van der Waals surface area contributed by atoms with Crippen LogP contribution >= 0.6 is 0 Å². The van der Waals surface area contributed by atoms with Gasteiger partial charge >= 0.3 is 12.1 Å². The van der Waals surface area contributed by atoms with Crippen LogP contribution in [0.5, 0.6) is 5.75 Å². The number of carbonyl (C=O) groups is 1. The minimum absolute atomic E-state index is 0.0955. The number of halogens is 4. The maximum atomic E-state index is 13.1. The number of nitrogens with zero attached hydrogens (tertiary/aromatic N) is 1. The van der Waals surface area contributed by atoms with Crippen LogP contribution in [0.1, 0.15) is 12.0 Å². The maximum Gasteiger partial charge on any atom is 0.406 e. The summed E-state index contributed by atoms with van der Waals surface area (Å²) in [6, 6.07) is 3.15. The van der Waals surface area contributed by atoms with Crippen molar-refractivity contribution < 1.29 is 32.6 Å². The third-order valence-corrected chi connectivity index (χ3v) is 3.74. The van der Waals surface area contributed by atoms with Gasteiger partial charge in [0.15, 0.2) is 5.41 Å². The van der Waals surface area contributed by atoms with Crippen molar-refractivity contribution in [3.8, 4) is 5.75 Å². The second-order valence-corrected chi connectivity index (χ2v) is 5.12. The number of hydrogen-bond donors (Lipinski definition) is 2. The van der Waals surface area contributed by atoms with Crippen LogP contribution in [0.25, 0.3) is 0 Å². The van der Waals surface area contributed by atoms with Crippen LogP contribution < -0.4 is 0 Å². The van der Waals surface area contributed by atoms with Gasteiger partial charge in [-0.1, -0.05) is 0 Å². The van der Waals surface area contributed by atoms with Gasteiger partial charge < -0.3 is 10.2 Å². The number of hydrogen-bond acceptors (Lipinski definition) is 3. The molecule has 1 aliphatic rings. The van der Waals surface area contributed by atoms with Crippen LogP contribution in [0.15, 0.2) is 18.2 Å². The summed E-state index contributed by atoms with van der Waals surface area (Å²) in [5.74, 6) is -2.78. The van der Waals surface area contributed by atoms with Gasteiger partial charge in [0.1, 0.15) is 11.6 Å². The van der Waals surface area contributed by atoms with Crippen molar-refractivity contribution in [2.45, 2.75) is 19.1 Å². The third kappa shape index (κ3) is 2.80. The highest BCUT2D eigenvalue weighted by atomic mass is 19.4.